The second-order valence-corrected chi connectivity index (χ2v) is 6.32. The number of aromatic nitrogens is 2. The predicted octanol–water partition coefficient (Wildman–Crippen LogP) is 2.54. The molecule has 0 fully saturated rings. The van der Waals surface area contributed by atoms with Gasteiger partial charge in [0.25, 0.3) is 5.91 Å². The van der Waals surface area contributed by atoms with Crippen molar-refractivity contribution in [3.63, 3.8) is 0 Å². The van der Waals surface area contributed by atoms with Gasteiger partial charge in [0, 0.05) is 23.9 Å². The first-order chi connectivity index (χ1) is 11.6. The molecule has 0 aliphatic heterocycles. The third kappa shape index (κ3) is 3.30. The molecule has 3 aromatic rings. The van der Waals surface area contributed by atoms with Crippen LogP contribution in [0.3, 0.4) is 0 Å². The summed E-state index contributed by atoms with van der Waals surface area (Å²) in [7, 11) is 0. The number of nitrogens with zero attached hydrogens (tertiary/aromatic N) is 2. The van der Waals surface area contributed by atoms with Crippen LogP contribution in [0.15, 0.2) is 42.0 Å². The quantitative estimate of drug-likeness (QED) is 0.720. The van der Waals surface area contributed by atoms with Gasteiger partial charge in [-0.1, -0.05) is 18.2 Å². The van der Waals surface area contributed by atoms with Crippen molar-refractivity contribution in [1.82, 2.24) is 15.1 Å². The minimum atomic E-state index is -1.05. The molecule has 0 saturated heterocycles. The number of rotatable bonds is 6. The number of hydrogen-bond donors (Lipinski definition) is 2. The molecular formula is C17H17N3O3S. The molecule has 6 nitrogen and oxygen atoms in total. The van der Waals surface area contributed by atoms with Gasteiger partial charge in [-0.15, -0.1) is 11.3 Å². The standard InChI is InChI=1S/C17H17N3O3S/c1-2-20-9-12(8-18-20)16(21)19-14(17(22)23)7-11-10-24-15-6-4-3-5-13(11)15/h3-6,8-10,14H,2,7H2,1H3,(H,19,21)(H,22,23). The molecule has 0 bridgehead atoms. The number of benzene rings is 1. The monoisotopic (exact) mass is 343 g/mol. The van der Waals surface area contributed by atoms with E-state index in [1.54, 1.807) is 22.2 Å². The molecule has 1 amide bonds. The number of aryl methyl sites for hydroxylation is 1. The Labute approximate surface area is 142 Å². The summed E-state index contributed by atoms with van der Waals surface area (Å²) in [5.41, 5.74) is 1.28. The Bertz CT molecular complexity index is 884. The molecule has 124 valence electrons. The van der Waals surface area contributed by atoms with E-state index in [9.17, 15) is 14.7 Å². The molecule has 3 rings (SSSR count). The molecular weight excluding hydrogens is 326 g/mol. The number of aliphatic carboxylic acids is 1. The van der Waals surface area contributed by atoms with Crippen LogP contribution < -0.4 is 5.32 Å². The van der Waals surface area contributed by atoms with E-state index in [-0.39, 0.29) is 6.42 Å². The number of carboxylic acid groups (broad SMARTS) is 1. The molecule has 2 heterocycles. The first-order valence-electron chi connectivity index (χ1n) is 7.59. The smallest absolute Gasteiger partial charge is 0.326 e. The van der Waals surface area contributed by atoms with Crippen molar-refractivity contribution in [2.24, 2.45) is 0 Å². The molecule has 0 aliphatic carbocycles. The average Bonchev–Trinajstić information content (AvgIpc) is 3.21. The van der Waals surface area contributed by atoms with E-state index in [0.717, 1.165) is 15.6 Å². The van der Waals surface area contributed by atoms with Crippen LogP contribution in [-0.2, 0) is 17.8 Å². The van der Waals surface area contributed by atoms with Gasteiger partial charge in [-0.3, -0.25) is 9.48 Å². The summed E-state index contributed by atoms with van der Waals surface area (Å²) >= 11 is 1.57. The zero-order valence-corrected chi connectivity index (χ0v) is 13.9. The van der Waals surface area contributed by atoms with E-state index in [4.69, 9.17) is 0 Å². The van der Waals surface area contributed by atoms with Gasteiger partial charge in [0.15, 0.2) is 0 Å². The Morgan fingerprint density at radius 3 is 2.88 bits per heavy atom. The summed E-state index contributed by atoms with van der Waals surface area (Å²) in [5.74, 6) is -1.48. The number of hydrogen-bond acceptors (Lipinski definition) is 4. The number of carbonyl (C=O) groups is 2. The van der Waals surface area contributed by atoms with Crippen molar-refractivity contribution in [1.29, 1.82) is 0 Å². The minimum Gasteiger partial charge on any atom is -0.480 e. The third-order valence-corrected chi connectivity index (χ3v) is 4.82. The first kappa shape index (κ1) is 16.2. The van der Waals surface area contributed by atoms with E-state index in [2.05, 4.69) is 10.4 Å². The lowest BCUT2D eigenvalue weighted by Gasteiger charge is -2.13. The highest BCUT2D eigenvalue weighted by Gasteiger charge is 2.23. The summed E-state index contributed by atoms with van der Waals surface area (Å²) in [5, 5.41) is 19.1. The van der Waals surface area contributed by atoms with Crippen LogP contribution in [0.2, 0.25) is 0 Å². The molecule has 1 aromatic carbocycles. The Kier molecular flexibility index (Phi) is 4.61. The van der Waals surface area contributed by atoms with Crippen LogP contribution in [0.25, 0.3) is 10.1 Å². The molecule has 1 atom stereocenters. The number of amides is 1. The van der Waals surface area contributed by atoms with Crippen LogP contribution >= 0.6 is 11.3 Å². The molecule has 0 radical (unpaired) electrons. The van der Waals surface area contributed by atoms with Crippen molar-refractivity contribution in [3.8, 4) is 0 Å². The fraction of sp³-hybridized carbons (Fsp3) is 0.235. The van der Waals surface area contributed by atoms with Crippen LogP contribution in [0.1, 0.15) is 22.8 Å². The van der Waals surface area contributed by atoms with E-state index in [1.807, 2.05) is 36.6 Å². The number of nitrogens with one attached hydrogen (secondary N) is 1. The predicted molar refractivity (Wildman–Crippen MR) is 92.3 cm³/mol. The molecule has 2 N–H and O–H groups in total. The average molecular weight is 343 g/mol. The van der Waals surface area contributed by atoms with E-state index in [1.165, 1.54) is 6.20 Å². The van der Waals surface area contributed by atoms with Gasteiger partial charge in [0.2, 0.25) is 0 Å². The fourth-order valence-corrected chi connectivity index (χ4v) is 3.48. The van der Waals surface area contributed by atoms with Gasteiger partial charge in [-0.05, 0) is 29.3 Å². The fourth-order valence-electron chi connectivity index (χ4n) is 2.51. The number of carboxylic acids is 1. The molecule has 24 heavy (non-hydrogen) atoms. The lowest BCUT2D eigenvalue weighted by atomic mass is 10.0. The minimum absolute atomic E-state index is 0.243. The zero-order valence-electron chi connectivity index (χ0n) is 13.1. The zero-order chi connectivity index (χ0) is 17.1. The normalized spacial score (nSPS) is 12.2. The van der Waals surface area contributed by atoms with Gasteiger partial charge in [0.1, 0.15) is 6.04 Å². The van der Waals surface area contributed by atoms with Crippen molar-refractivity contribution in [2.45, 2.75) is 25.9 Å². The van der Waals surface area contributed by atoms with Crippen molar-refractivity contribution in [3.05, 3.63) is 53.2 Å². The summed E-state index contributed by atoms with van der Waals surface area (Å²) in [6, 6.07) is 6.85. The summed E-state index contributed by atoms with van der Waals surface area (Å²) in [4.78, 5) is 23.8. The molecule has 7 heteroatoms. The molecule has 0 saturated carbocycles. The van der Waals surface area contributed by atoms with Crippen molar-refractivity contribution >= 4 is 33.3 Å². The van der Waals surface area contributed by atoms with E-state index in [0.29, 0.717) is 12.1 Å². The summed E-state index contributed by atoms with van der Waals surface area (Å²) in [6.45, 7) is 2.56. The maximum absolute atomic E-state index is 12.3. The number of carbonyl (C=O) groups excluding carboxylic acids is 1. The summed E-state index contributed by atoms with van der Waals surface area (Å²) in [6.07, 6.45) is 3.29. The summed E-state index contributed by atoms with van der Waals surface area (Å²) < 4.78 is 2.73. The Hall–Kier alpha value is -2.67. The first-order valence-corrected chi connectivity index (χ1v) is 8.47. The SMILES string of the molecule is CCn1cc(C(=O)NC(Cc2csc3ccccc23)C(=O)O)cn1. The van der Waals surface area contributed by atoms with Crippen molar-refractivity contribution in [2.75, 3.05) is 0 Å². The van der Waals surface area contributed by atoms with Crippen LogP contribution in [0, 0.1) is 0 Å². The van der Waals surface area contributed by atoms with Gasteiger partial charge in [-0.2, -0.15) is 5.10 Å². The van der Waals surface area contributed by atoms with Gasteiger partial charge in [-0.25, -0.2) is 4.79 Å². The molecule has 0 spiro atoms. The topological polar surface area (TPSA) is 84.2 Å². The highest BCUT2D eigenvalue weighted by atomic mass is 32.1. The third-order valence-electron chi connectivity index (χ3n) is 3.81. The van der Waals surface area contributed by atoms with E-state index >= 15 is 0 Å². The van der Waals surface area contributed by atoms with Crippen molar-refractivity contribution < 1.29 is 14.7 Å². The second-order valence-electron chi connectivity index (χ2n) is 5.41. The van der Waals surface area contributed by atoms with E-state index < -0.39 is 17.9 Å². The number of fused-ring (bicyclic) bond motifs is 1. The van der Waals surface area contributed by atoms with Crippen LogP contribution in [-0.4, -0.2) is 32.8 Å². The maximum Gasteiger partial charge on any atom is 0.326 e. The van der Waals surface area contributed by atoms with Gasteiger partial charge in [0.05, 0.1) is 11.8 Å². The molecule has 1 unspecified atom stereocenters. The Balaban J connectivity index is 1.77. The largest absolute Gasteiger partial charge is 0.480 e. The van der Waals surface area contributed by atoms with Crippen LogP contribution in [0.4, 0.5) is 0 Å². The van der Waals surface area contributed by atoms with Gasteiger partial charge < -0.3 is 10.4 Å². The molecule has 0 aliphatic rings. The number of thiophene rings is 1. The maximum atomic E-state index is 12.3. The molecule has 2 aromatic heterocycles. The lowest BCUT2D eigenvalue weighted by molar-refractivity contribution is -0.139. The Morgan fingerprint density at radius 1 is 1.38 bits per heavy atom. The second kappa shape index (κ2) is 6.84. The van der Waals surface area contributed by atoms with Gasteiger partial charge >= 0.3 is 5.97 Å². The highest BCUT2D eigenvalue weighted by molar-refractivity contribution is 7.17. The lowest BCUT2D eigenvalue weighted by Crippen LogP contribution is -2.42. The highest BCUT2D eigenvalue weighted by Crippen LogP contribution is 2.26. The van der Waals surface area contributed by atoms with Crippen LogP contribution in [0.5, 0.6) is 0 Å². The Morgan fingerprint density at radius 2 is 2.17 bits per heavy atom.